The predicted molar refractivity (Wildman–Crippen MR) is 88.4 cm³/mol. The summed E-state index contributed by atoms with van der Waals surface area (Å²) in [5.41, 5.74) is -2.23. The van der Waals surface area contributed by atoms with Crippen LogP contribution in [0.1, 0.15) is 16.2 Å². The molecule has 3 aromatic rings. The molecule has 0 fully saturated rings. The van der Waals surface area contributed by atoms with Crippen molar-refractivity contribution >= 4 is 27.5 Å². The Morgan fingerprint density at radius 3 is 2.50 bits per heavy atom. The average Bonchev–Trinajstić information content (AvgIpc) is 3.00. The van der Waals surface area contributed by atoms with Gasteiger partial charge < -0.3 is 5.32 Å². The maximum Gasteiger partial charge on any atom is 0.435 e. The molecule has 0 aliphatic heterocycles. The number of carbonyl (C=O) groups excluding carboxylic acids is 1. The molecule has 0 radical (unpaired) electrons. The van der Waals surface area contributed by atoms with Crippen molar-refractivity contribution in [3.63, 3.8) is 0 Å². The van der Waals surface area contributed by atoms with E-state index in [0.717, 1.165) is 12.1 Å². The number of rotatable bonds is 3. The van der Waals surface area contributed by atoms with E-state index in [9.17, 15) is 22.4 Å². The quantitative estimate of drug-likeness (QED) is 0.627. The average molecular weight is 429 g/mol. The van der Waals surface area contributed by atoms with Gasteiger partial charge in [0.1, 0.15) is 5.82 Å². The van der Waals surface area contributed by atoms with Crippen LogP contribution in [0.15, 0.2) is 53.0 Å². The van der Waals surface area contributed by atoms with Crippen molar-refractivity contribution in [2.75, 3.05) is 5.32 Å². The molecule has 0 atom stereocenters. The van der Waals surface area contributed by atoms with Crippen LogP contribution in [-0.4, -0.2) is 20.9 Å². The SMILES string of the molecule is O=C(Nc1cccc(Br)c1)c1nnn(-c2cccc(F)c2)c1C(F)(F)F. The summed E-state index contributed by atoms with van der Waals surface area (Å²) in [5, 5.41) is 9.07. The van der Waals surface area contributed by atoms with E-state index < -0.39 is 29.3 Å². The first-order valence-electron chi connectivity index (χ1n) is 7.11. The number of halogens is 5. The predicted octanol–water partition coefficient (Wildman–Crippen LogP) is 4.44. The molecule has 1 N–H and O–H groups in total. The van der Waals surface area contributed by atoms with Gasteiger partial charge in [-0.3, -0.25) is 4.79 Å². The molecule has 0 unspecified atom stereocenters. The van der Waals surface area contributed by atoms with Crippen molar-refractivity contribution in [1.29, 1.82) is 0 Å². The van der Waals surface area contributed by atoms with Crippen molar-refractivity contribution < 1.29 is 22.4 Å². The van der Waals surface area contributed by atoms with E-state index in [1.807, 2.05) is 0 Å². The fourth-order valence-electron chi connectivity index (χ4n) is 2.23. The standard InChI is InChI=1S/C16H9BrF4N4O/c17-9-3-1-5-11(7-9)22-15(26)13-14(16(19,20)21)25(24-23-13)12-6-2-4-10(18)8-12/h1-8H,(H,22,26). The second kappa shape index (κ2) is 6.87. The molecule has 1 aromatic heterocycles. The molecular formula is C16H9BrF4N4O. The van der Waals surface area contributed by atoms with Crippen molar-refractivity contribution in [3.8, 4) is 5.69 Å². The van der Waals surface area contributed by atoms with Gasteiger partial charge in [-0.25, -0.2) is 9.07 Å². The summed E-state index contributed by atoms with van der Waals surface area (Å²) in [6.07, 6.45) is -4.93. The van der Waals surface area contributed by atoms with Gasteiger partial charge in [-0.15, -0.1) is 5.10 Å². The zero-order valence-corrected chi connectivity index (χ0v) is 14.3. The first-order chi connectivity index (χ1) is 12.3. The summed E-state index contributed by atoms with van der Waals surface area (Å²) in [6, 6.07) is 10.7. The summed E-state index contributed by atoms with van der Waals surface area (Å²) in [5.74, 6) is -1.83. The smallest absolute Gasteiger partial charge is 0.320 e. The van der Waals surface area contributed by atoms with Gasteiger partial charge in [-0.1, -0.05) is 33.3 Å². The van der Waals surface area contributed by atoms with Gasteiger partial charge in [0.2, 0.25) is 0 Å². The van der Waals surface area contributed by atoms with E-state index in [0.29, 0.717) is 9.15 Å². The molecular weight excluding hydrogens is 420 g/mol. The van der Waals surface area contributed by atoms with E-state index >= 15 is 0 Å². The number of alkyl halides is 3. The zero-order chi connectivity index (χ0) is 18.9. The number of hydrogen-bond donors (Lipinski definition) is 1. The first kappa shape index (κ1) is 18.1. The summed E-state index contributed by atoms with van der Waals surface area (Å²) in [6.45, 7) is 0. The minimum Gasteiger partial charge on any atom is -0.320 e. The van der Waals surface area contributed by atoms with Gasteiger partial charge in [0.15, 0.2) is 11.4 Å². The third kappa shape index (κ3) is 3.74. The highest BCUT2D eigenvalue weighted by Gasteiger charge is 2.42. The van der Waals surface area contributed by atoms with Crippen LogP contribution < -0.4 is 5.32 Å². The van der Waals surface area contributed by atoms with E-state index in [1.165, 1.54) is 24.3 Å². The van der Waals surface area contributed by atoms with E-state index in [1.54, 1.807) is 12.1 Å². The Labute approximate surface area is 152 Å². The lowest BCUT2D eigenvalue weighted by molar-refractivity contribution is -0.143. The molecule has 0 saturated carbocycles. The van der Waals surface area contributed by atoms with Crippen LogP contribution in [0.4, 0.5) is 23.2 Å². The van der Waals surface area contributed by atoms with Gasteiger partial charge in [-0.2, -0.15) is 13.2 Å². The Morgan fingerprint density at radius 1 is 1.12 bits per heavy atom. The van der Waals surface area contributed by atoms with Crippen LogP contribution in [0.25, 0.3) is 5.69 Å². The maximum absolute atomic E-state index is 13.5. The summed E-state index contributed by atoms with van der Waals surface area (Å²) in [7, 11) is 0. The van der Waals surface area contributed by atoms with Crippen LogP contribution in [0, 0.1) is 5.82 Å². The Bertz CT molecular complexity index is 971. The fraction of sp³-hybridized carbons (Fsp3) is 0.0625. The van der Waals surface area contributed by atoms with Gasteiger partial charge in [0, 0.05) is 10.2 Å². The van der Waals surface area contributed by atoms with Crippen LogP contribution >= 0.6 is 15.9 Å². The van der Waals surface area contributed by atoms with Crippen molar-refractivity contribution in [1.82, 2.24) is 15.0 Å². The number of anilines is 1. The molecule has 3 rings (SSSR count). The second-order valence-corrected chi connectivity index (χ2v) is 6.06. The maximum atomic E-state index is 13.5. The van der Waals surface area contributed by atoms with Crippen molar-refractivity contribution in [3.05, 3.63) is 70.2 Å². The topological polar surface area (TPSA) is 59.8 Å². The lowest BCUT2D eigenvalue weighted by Gasteiger charge is -2.11. The molecule has 1 amide bonds. The molecule has 2 aromatic carbocycles. The van der Waals surface area contributed by atoms with Crippen molar-refractivity contribution in [2.24, 2.45) is 0 Å². The van der Waals surface area contributed by atoms with Crippen molar-refractivity contribution in [2.45, 2.75) is 6.18 Å². The normalized spacial score (nSPS) is 11.4. The van der Waals surface area contributed by atoms with E-state index in [2.05, 4.69) is 31.6 Å². The molecule has 10 heteroatoms. The van der Waals surface area contributed by atoms with Crippen LogP contribution in [0.2, 0.25) is 0 Å². The number of nitrogens with one attached hydrogen (secondary N) is 1. The van der Waals surface area contributed by atoms with E-state index in [4.69, 9.17) is 0 Å². The molecule has 1 heterocycles. The van der Waals surface area contributed by atoms with Crippen LogP contribution in [-0.2, 0) is 6.18 Å². The largest absolute Gasteiger partial charge is 0.435 e. The number of hydrogen-bond acceptors (Lipinski definition) is 3. The van der Waals surface area contributed by atoms with Gasteiger partial charge in [0.05, 0.1) is 5.69 Å². The zero-order valence-electron chi connectivity index (χ0n) is 12.8. The lowest BCUT2D eigenvalue weighted by atomic mass is 10.2. The molecule has 0 saturated heterocycles. The first-order valence-corrected chi connectivity index (χ1v) is 7.91. The molecule has 134 valence electrons. The lowest BCUT2D eigenvalue weighted by Crippen LogP contribution is -2.21. The third-order valence-electron chi connectivity index (χ3n) is 3.29. The summed E-state index contributed by atoms with van der Waals surface area (Å²) in [4.78, 5) is 12.3. The summed E-state index contributed by atoms with van der Waals surface area (Å²) < 4.78 is 54.9. The molecule has 0 aliphatic carbocycles. The summed E-state index contributed by atoms with van der Waals surface area (Å²) >= 11 is 3.20. The minimum atomic E-state index is -4.93. The Hall–Kier alpha value is -2.75. The highest BCUT2D eigenvalue weighted by Crippen LogP contribution is 2.33. The molecule has 26 heavy (non-hydrogen) atoms. The van der Waals surface area contributed by atoms with E-state index in [-0.39, 0.29) is 11.4 Å². The number of carbonyl (C=O) groups is 1. The van der Waals surface area contributed by atoms with Gasteiger partial charge in [-0.05, 0) is 36.4 Å². The highest BCUT2D eigenvalue weighted by molar-refractivity contribution is 9.10. The number of nitrogens with zero attached hydrogens (tertiary/aromatic N) is 3. The number of benzene rings is 2. The molecule has 0 bridgehead atoms. The third-order valence-corrected chi connectivity index (χ3v) is 3.78. The Morgan fingerprint density at radius 2 is 1.85 bits per heavy atom. The highest BCUT2D eigenvalue weighted by atomic mass is 79.9. The number of amides is 1. The monoisotopic (exact) mass is 428 g/mol. The second-order valence-electron chi connectivity index (χ2n) is 5.14. The van der Waals surface area contributed by atoms with Gasteiger partial charge in [0.25, 0.3) is 5.91 Å². The van der Waals surface area contributed by atoms with Crippen LogP contribution in [0.3, 0.4) is 0 Å². The molecule has 0 aliphatic rings. The Kier molecular flexibility index (Phi) is 4.77. The molecule has 5 nitrogen and oxygen atoms in total. The number of aromatic nitrogens is 3. The minimum absolute atomic E-state index is 0.202. The Balaban J connectivity index is 2.04. The van der Waals surface area contributed by atoms with Gasteiger partial charge >= 0.3 is 6.18 Å². The van der Waals surface area contributed by atoms with Crippen LogP contribution in [0.5, 0.6) is 0 Å². The fourth-order valence-corrected chi connectivity index (χ4v) is 2.63. The molecule has 0 spiro atoms.